The van der Waals surface area contributed by atoms with Gasteiger partial charge in [0.15, 0.2) is 0 Å². The summed E-state index contributed by atoms with van der Waals surface area (Å²) in [5.74, 6) is -0.175. The fourth-order valence-electron chi connectivity index (χ4n) is 9.51. The van der Waals surface area contributed by atoms with E-state index in [4.69, 9.17) is 16.0 Å². The lowest BCUT2D eigenvalue weighted by atomic mass is 9.94. The first-order chi connectivity index (χ1) is 38.4. The van der Waals surface area contributed by atoms with Crippen LogP contribution in [0.25, 0.3) is 125 Å². The van der Waals surface area contributed by atoms with Crippen molar-refractivity contribution in [3.63, 3.8) is 0 Å². The molecule has 298 valence electrons. The van der Waals surface area contributed by atoms with Crippen molar-refractivity contribution >= 4 is 96.9 Å². The van der Waals surface area contributed by atoms with Crippen LogP contribution in [0.2, 0.25) is 0 Å². The van der Waals surface area contributed by atoms with Gasteiger partial charge in [-0.3, -0.25) is 4.57 Å². The van der Waals surface area contributed by atoms with Crippen molar-refractivity contribution in [2.45, 2.75) is 0 Å². The maximum absolute atomic E-state index is 9.53. The van der Waals surface area contributed by atoms with Crippen molar-refractivity contribution in [3.05, 3.63) is 218 Å². The Bertz CT molecular complexity index is 4780. The maximum atomic E-state index is 9.53. The van der Waals surface area contributed by atoms with Crippen LogP contribution in [0.5, 0.6) is 0 Å². The molecule has 0 bridgehead atoms. The Labute approximate surface area is 394 Å². The average Bonchev–Trinajstić information content (AvgIpc) is 3.65. The van der Waals surface area contributed by atoms with Crippen LogP contribution in [0.4, 0.5) is 0 Å². The quantitative estimate of drug-likeness (QED) is 0.170. The molecular weight excluding hydrogens is 797 g/mol. The lowest BCUT2D eigenvalue weighted by Crippen LogP contribution is -2.05. The first kappa shape index (κ1) is 23.3. The lowest BCUT2D eigenvalue weighted by molar-refractivity contribution is 1.06. The monoisotopic (exact) mass is 848 g/mol. The number of nitrogens with zero attached hydrogens (tertiary/aromatic N) is 4. The molecule has 0 aliphatic carbocycles. The van der Waals surface area contributed by atoms with Crippen LogP contribution in [0.3, 0.4) is 0 Å². The number of hydrogen-bond acceptors (Lipinski definition) is 2. The predicted octanol–water partition coefficient (Wildman–Crippen LogP) is 16.1. The SMILES string of the molecule is [2H]c1c([2H])c([2H])c2c(c1[2H])c1c([2H])c([2H])c([2H])c([2H])c1n2-c1cc(-c2c(-c3ccc4sc5ccccc5c4c3)cccc2-n2c3ccccc3c3ccccc32)nc(-n2c3c([2H])c([2H])c([2H])c([2H])c3c3c([2H])c([2H])c([2H])c([2H])c32)c1. The molecule has 5 heterocycles. The summed E-state index contributed by atoms with van der Waals surface area (Å²) in [6.07, 6.45) is 0. The van der Waals surface area contributed by atoms with E-state index in [2.05, 4.69) is 28.8 Å². The minimum Gasteiger partial charge on any atom is -0.309 e. The van der Waals surface area contributed by atoms with Crippen LogP contribution in [-0.4, -0.2) is 18.7 Å². The third-order valence-electron chi connectivity index (χ3n) is 12.2. The van der Waals surface area contributed by atoms with Crippen LogP contribution in [0.1, 0.15) is 21.9 Å². The Morgan fingerprint density at radius 3 is 1.55 bits per heavy atom. The largest absolute Gasteiger partial charge is 0.309 e. The van der Waals surface area contributed by atoms with Crippen molar-refractivity contribution in [1.29, 1.82) is 0 Å². The highest BCUT2D eigenvalue weighted by molar-refractivity contribution is 7.25. The standard InChI is InChI=1S/C59H36N4S/c1-8-24-49-40(16-1)41-17-2-9-25-50(41)61(49)38-35-48(60-58(36-38)63-53-28-12-5-20-44(53)45-21-6-13-29-54(45)63)59-39(37-32-33-57-47(34-37)46-22-7-14-31-56(46)64-57)23-15-30-55(59)62-51-26-10-3-18-42(51)43-19-4-11-27-52(43)62/h1-36H/i1D,2D,5D,6D,8D,9D,12D,13D,16D,17D,20D,21D,24D,25D,28D,29D. The van der Waals surface area contributed by atoms with E-state index >= 15 is 0 Å². The van der Waals surface area contributed by atoms with Gasteiger partial charge in [-0.25, -0.2) is 4.98 Å². The van der Waals surface area contributed by atoms with Crippen LogP contribution >= 0.6 is 11.3 Å². The summed E-state index contributed by atoms with van der Waals surface area (Å²) in [6.45, 7) is 0. The van der Waals surface area contributed by atoms with E-state index < -0.39 is 96.7 Å². The molecule has 0 amide bonds. The van der Waals surface area contributed by atoms with Crippen LogP contribution in [0, 0.1) is 0 Å². The van der Waals surface area contributed by atoms with Crippen LogP contribution in [-0.2, 0) is 0 Å². The number of benzene rings is 9. The molecule has 0 aliphatic rings. The third kappa shape index (κ3) is 5.07. The summed E-state index contributed by atoms with van der Waals surface area (Å²) >= 11 is 1.65. The number of thiophene rings is 1. The molecule has 0 radical (unpaired) electrons. The molecule has 14 rings (SSSR count). The highest BCUT2D eigenvalue weighted by Crippen LogP contribution is 2.45. The van der Waals surface area contributed by atoms with E-state index in [0.717, 1.165) is 47.5 Å². The van der Waals surface area contributed by atoms with Crippen LogP contribution in [0.15, 0.2) is 218 Å². The zero-order valence-corrected chi connectivity index (χ0v) is 34.1. The highest BCUT2D eigenvalue weighted by Gasteiger charge is 2.24. The number of fused-ring (bicyclic) bond motifs is 12. The van der Waals surface area contributed by atoms with Crippen molar-refractivity contribution in [1.82, 2.24) is 18.7 Å². The normalized spacial score (nSPS) is 15.6. The molecule has 5 heteroatoms. The Balaban J connectivity index is 1.24. The molecule has 0 saturated heterocycles. The van der Waals surface area contributed by atoms with Crippen molar-refractivity contribution in [2.24, 2.45) is 0 Å². The molecule has 0 fully saturated rings. The van der Waals surface area contributed by atoms with Gasteiger partial charge in [0.25, 0.3) is 0 Å². The van der Waals surface area contributed by atoms with Gasteiger partial charge in [-0.2, -0.15) is 0 Å². The van der Waals surface area contributed by atoms with Gasteiger partial charge in [-0.05, 0) is 77.8 Å². The molecule has 0 spiro atoms. The van der Waals surface area contributed by atoms with Gasteiger partial charge in [-0.1, -0.05) is 145 Å². The molecule has 4 nitrogen and oxygen atoms in total. The average molecular weight is 849 g/mol. The first-order valence-corrected chi connectivity index (χ1v) is 21.3. The molecule has 14 aromatic rings. The summed E-state index contributed by atoms with van der Waals surface area (Å²) < 4.78 is 153. The fraction of sp³-hybridized carbons (Fsp3) is 0. The molecule has 5 aromatic heterocycles. The summed E-state index contributed by atoms with van der Waals surface area (Å²) in [6, 6.07) is 29.2. The van der Waals surface area contributed by atoms with Gasteiger partial charge in [-0.15, -0.1) is 11.3 Å². The summed E-state index contributed by atoms with van der Waals surface area (Å²) in [4.78, 5) is 5.46. The van der Waals surface area contributed by atoms with Gasteiger partial charge in [0.2, 0.25) is 0 Å². The van der Waals surface area contributed by atoms with Gasteiger partial charge in [0.1, 0.15) is 5.82 Å². The molecule has 0 unspecified atom stereocenters. The minimum atomic E-state index is -0.664. The minimum absolute atomic E-state index is 0.0130. The first-order valence-electron chi connectivity index (χ1n) is 28.5. The third-order valence-corrected chi connectivity index (χ3v) is 13.3. The molecule has 0 N–H and O–H groups in total. The highest BCUT2D eigenvalue weighted by atomic mass is 32.1. The number of aromatic nitrogens is 4. The molecular formula is C59H36N4S. The van der Waals surface area contributed by atoms with Crippen molar-refractivity contribution in [2.75, 3.05) is 0 Å². The van der Waals surface area contributed by atoms with E-state index in [0.29, 0.717) is 16.8 Å². The number of rotatable bonds is 5. The Hall–Kier alpha value is -8.25. The Kier molecular flexibility index (Phi) is 4.95. The van der Waals surface area contributed by atoms with Gasteiger partial charge in [0, 0.05) is 64.1 Å². The predicted molar refractivity (Wildman–Crippen MR) is 271 cm³/mol. The molecule has 9 aromatic carbocycles. The van der Waals surface area contributed by atoms with Gasteiger partial charge >= 0.3 is 0 Å². The van der Waals surface area contributed by atoms with Gasteiger partial charge < -0.3 is 9.13 Å². The van der Waals surface area contributed by atoms with E-state index in [1.54, 1.807) is 17.4 Å². The molecule has 0 aliphatic heterocycles. The second-order valence-electron chi connectivity index (χ2n) is 15.5. The number of pyridine rings is 1. The topological polar surface area (TPSA) is 27.7 Å². The van der Waals surface area contributed by atoms with E-state index in [-0.39, 0.29) is 60.8 Å². The number of hydrogen-bond donors (Lipinski definition) is 0. The zero-order chi connectivity index (χ0) is 55.8. The Morgan fingerprint density at radius 2 is 0.922 bits per heavy atom. The summed E-state index contributed by atoms with van der Waals surface area (Å²) in [5.41, 5.74) is 3.39. The smallest absolute Gasteiger partial charge is 0.140 e. The van der Waals surface area contributed by atoms with E-state index in [1.807, 2.05) is 84.9 Å². The molecule has 0 saturated carbocycles. The summed E-state index contributed by atoms with van der Waals surface area (Å²) in [7, 11) is 0. The van der Waals surface area contributed by atoms with Gasteiger partial charge in [0.05, 0.1) is 72.1 Å². The number of para-hydroxylation sites is 6. The second kappa shape index (κ2) is 13.6. The van der Waals surface area contributed by atoms with Crippen LogP contribution < -0.4 is 0 Å². The zero-order valence-electron chi connectivity index (χ0n) is 49.2. The van der Waals surface area contributed by atoms with Crippen molar-refractivity contribution in [3.8, 4) is 39.6 Å². The van der Waals surface area contributed by atoms with Crippen molar-refractivity contribution < 1.29 is 21.9 Å². The maximum Gasteiger partial charge on any atom is 0.140 e. The Morgan fingerprint density at radius 1 is 0.391 bits per heavy atom. The summed E-state index contributed by atoms with van der Waals surface area (Å²) in [5, 5.41) is 3.09. The second-order valence-corrected chi connectivity index (χ2v) is 16.6. The fourth-order valence-corrected chi connectivity index (χ4v) is 10.6. The van der Waals surface area contributed by atoms with E-state index in [1.165, 1.54) is 15.2 Å². The molecule has 64 heavy (non-hydrogen) atoms. The lowest BCUT2D eigenvalue weighted by Gasteiger charge is -2.20. The van der Waals surface area contributed by atoms with E-state index in [9.17, 15) is 11.0 Å². The molecule has 0 atom stereocenters.